The predicted molar refractivity (Wildman–Crippen MR) is 99.9 cm³/mol. The Morgan fingerprint density at radius 1 is 0.929 bits per heavy atom. The van der Waals surface area contributed by atoms with Crippen LogP contribution >= 0.6 is 0 Å². The fourth-order valence-corrected chi connectivity index (χ4v) is 2.38. The average Bonchev–Trinajstić information content (AvgIpc) is 2.72. The Labute approximate surface area is 162 Å². The summed E-state index contributed by atoms with van der Waals surface area (Å²) in [5, 5.41) is 14.2. The van der Waals surface area contributed by atoms with Gasteiger partial charge >= 0.3 is 12.1 Å². The van der Waals surface area contributed by atoms with E-state index in [9.17, 15) is 19.5 Å². The third-order valence-corrected chi connectivity index (χ3v) is 3.80. The van der Waals surface area contributed by atoms with Crippen LogP contribution in [0.15, 0.2) is 60.7 Å². The Hall–Kier alpha value is -3.39. The standard InChI is InChI=1S/C20H22N2O6/c1-27-19(25)16(12-14-8-4-2-5-9-14)21-17(23)18(24)22-20(26)28-13-15-10-6-3-7-11-15/h2-11,16,18,24H,12-13H2,1H3,(H,21,23)(H,22,26)/t16-,18+/m0/s1. The SMILES string of the molecule is COC(=O)[C@H](Cc1ccccc1)NC(=O)[C@@H](O)NC(=O)OCc1ccccc1. The molecule has 0 fully saturated rings. The van der Waals surface area contributed by atoms with Gasteiger partial charge in [-0.1, -0.05) is 60.7 Å². The van der Waals surface area contributed by atoms with Crippen LogP contribution in [0.4, 0.5) is 4.79 Å². The highest BCUT2D eigenvalue weighted by Gasteiger charge is 2.26. The highest BCUT2D eigenvalue weighted by atomic mass is 16.6. The van der Waals surface area contributed by atoms with Crippen molar-refractivity contribution >= 4 is 18.0 Å². The number of hydrogen-bond donors (Lipinski definition) is 3. The van der Waals surface area contributed by atoms with Crippen molar-refractivity contribution in [2.45, 2.75) is 25.3 Å². The van der Waals surface area contributed by atoms with Crippen molar-refractivity contribution in [3.63, 3.8) is 0 Å². The number of aliphatic hydroxyl groups is 1. The number of carbonyl (C=O) groups is 3. The van der Waals surface area contributed by atoms with Gasteiger partial charge in [-0.05, 0) is 11.1 Å². The summed E-state index contributed by atoms with van der Waals surface area (Å²) in [5.74, 6) is -1.63. The molecule has 0 aliphatic heterocycles. The number of benzene rings is 2. The van der Waals surface area contributed by atoms with Crippen molar-refractivity contribution in [2.75, 3.05) is 7.11 Å². The molecular weight excluding hydrogens is 364 g/mol. The van der Waals surface area contributed by atoms with Crippen LogP contribution in [0, 0.1) is 0 Å². The fourth-order valence-electron chi connectivity index (χ4n) is 2.38. The van der Waals surface area contributed by atoms with E-state index < -0.39 is 30.2 Å². The van der Waals surface area contributed by atoms with Crippen LogP contribution in [-0.2, 0) is 32.1 Å². The molecule has 0 heterocycles. The molecule has 0 radical (unpaired) electrons. The average molecular weight is 386 g/mol. The Morgan fingerprint density at radius 2 is 1.50 bits per heavy atom. The largest absolute Gasteiger partial charge is 0.467 e. The Kier molecular flexibility index (Phi) is 7.98. The minimum Gasteiger partial charge on any atom is -0.467 e. The maximum absolute atomic E-state index is 12.1. The van der Waals surface area contributed by atoms with E-state index in [1.165, 1.54) is 7.11 Å². The molecule has 8 heteroatoms. The van der Waals surface area contributed by atoms with Crippen molar-refractivity contribution in [1.82, 2.24) is 10.6 Å². The van der Waals surface area contributed by atoms with Gasteiger partial charge in [-0.2, -0.15) is 0 Å². The number of amides is 2. The maximum atomic E-state index is 12.1. The lowest BCUT2D eigenvalue weighted by atomic mass is 10.1. The van der Waals surface area contributed by atoms with Crippen LogP contribution in [0.2, 0.25) is 0 Å². The number of nitrogens with one attached hydrogen (secondary N) is 2. The number of carbonyl (C=O) groups excluding carboxylic acids is 3. The molecule has 148 valence electrons. The summed E-state index contributed by atoms with van der Waals surface area (Å²) in [6.45, 7) is -0.0141. The van der Waals surface area contributed by atoms with Gasteiger partial charge in [-0.25, -0.2) is 9.59 Å². The number of rotatable bonds is 8. The molecule has 0 unspecified atom stereocenters. The molecular formula is C20H22N2O6. The third-order valence-electron chi connectivity index (χ3n) is 3.80. The van der Waals surface area contributed by atoms with Crippen molar-refractivity contribution in [3.05, 3.63) is 71.8 Å². The van der Waals surface area contributed by atoms with Gasteiger partial charge in [0.25, 0.3) is 5.91 Å². The van der Waals surface area contributed by atoms with E-state index >= 15 is 0 Å². The van der Waals surface area contributed by atoms with Crippen molar-refractivity contribution in [3.8, 4) is 0 Å². The van der Waals surface area contributed by atoms with E-state index in [-0.39, 0.29) is 13.0 Å². The van der Waals surface area contributed by atoms with Gasteiger partial charge in [0.2, 0.25) is 6.23 Å². The summed E-state index contributed by atoms with van der Waals surface area (Å²) < 4.78 is 9.62. The van der Waals surface area contributed by atoms with Gasteiger partial charge in [-0.3, -0.25) is 10.1 Å². The van der Waals surface area contributed by atoms with Gasteiger partial charge in [0, 0.05) is 6.42 Å². The summed E-state index contributed by atoms with van der Waals surface area (Å²) in [6, 6.07) is 16.9. The fraction of sp³-hybridized carbons (Fsp3) is 0.250. The van der Waals surface area contributed by atoms with Crippen LogP contribution in [0.25, 0.3) is 0 Å². The van der Waals surface area contributed by atoms with Crippen LogP contribution in [0.1, 0.15) is 11.1 Å². The zero-order valence-electron chi connectivity index (χ0n) is 15.3. The number of esters is 1. The van der Waals surface area contributed by atoms with E-state index in [0.717, 1.165) is 11.1 Å². The number of hydrogen-bond acceptors (Lipinski definition) is 6. The van der Waals surface area contributed by atoms with Crippen LogP contribution in [0.3, 0.4) is 0 Å². The van der Waals surface area contributed by atoms with E-state index in [1.54, 1.807) is 48.5 Å². The highest BCUT2D eigenvalue weighted by Crippen LogP contribution is 2.05. The van der Waals surface area contributed by atoms with Gasteiger partial charge in [0.15, 0.2) is 0 Å². The zero-order chi connectivity index (χ0) is 20.4. The van der Waals surface area contributed by atoms with E-state index in [0.29, 0.717) is 0 Å². The molecule has 0 aromatic heterocycles. The second-order valence-electron chi connectivity index (χ2n) is 5.88. The first-order chi connectivity index (χ1) is 13.5. The first kappa shape index (κ1) is 20.9. The van der Waals surface area contributed by atoms with E-state index in [4.69, 9.17) is 4.74 Å². The van der Waals surface area contributed by atoms with E-state index in [2.05, 4.69) is 10.1 Å². The van der Waals surface area contributed by atoms with Crippen molar-refractivity contribution < 1.29 is 29.0 Å². The molecule has 0 aliphatic carbocycles. The van der Waals surface area contributed by atoms with Crippen LogP contribution < -0.4 is 10.6 Å². The number of aliphatic hydroxyl groups excluding tert-OH is 1. The first-order valence-electron chi connectivity index (χ1n) is 8.57. The topological polar surface area (TPSA) is 114 Å². The Balaban J connectivity index is 1.87. The first-order valence-corrected chi connectivity index (χ1v) is 8.57. The quantitative estimate of drug-likeness (QED) is 0.463. The summed E-state index contributed by atoms with van der Waals surface area (Å²) in [4.78, 5) is 35.8. The molecule has 2 atom stereocenters. The second kappa shape index (κ2) is 10.7. The molecule has 0 saturated carbocycles. The van der Waals surface area contributed by atoms with Gasteiger partial charge in [-0.15, -0.1) is 0 Å². The van der Waals surface area contributed by atoms with Gasteiger partial charge < -0.3 is 19.9 Å². The lowest BCUT2D eigenvalue weighted by Gasteiger charge is -2.19. The monoisotopic (exact) mass is 386 g/mol. The lowest BCUT2D eigenvalue weighted by Crippen LogP contribution is -2.52. The van der Waals surface area contributed by atoms with Crippen molar-refractivity contribution in [1.29, 1.82) is 0 Å². The van der Waals surface area contributed by atoms with E-state index in [1.807, 2.05) is 17.4 Å². The third kappa shape index (κ3) is 6.73. The number of ether oxygens (including phenoxy) is 2. The molecule has 0 bridgehead atoms. The molecule has 8 nitrogen and oxygen atoms in total. The van der Waals surface area contributed by atoms with Gasteiger partial charge in [0.1, 0.15) is 12.6 Å². The number of methoxy groups -OCH3 is 1. The molecule has 0 aliphatic rings. The maximum Gasteiger partial charge on any atom is 0.409 e. The summed E-state index contributed by atoms with van der Waals surface area (Å²) in [6.07, 6.45) is -2.68. The normalized spacial score (nSPS) is 12.4. The summed E-state index contributed by atoms with van der Waals surface area (Å²) >= 11 is 0. The predicted octanol–water partition coefficient (Wildman–Crippen LogP) is 1.13. The zero-order valence-corrected chi connectivity index (χ0v) is 15.3. The van der Waals surface area contributed by atoms with Gasteiger partial charge in [0.05, 0.1) is 7.11 Å². The molecule has 2 rings (SSSR count). The minimum atomic E-state index is -1.88. The minimum absolute atomic E-state index is 0.0141. The second-order valence-corrected chi connectivity index (χ2v) is 5.88. The summed E-state index contributed by atoms with van der Waals surface area (Å²) in [7, 11) is 1.20. The molecule has 2 aromatic rings. The molecule has 2 amide bonds. The molecule has 3 N–H and O–H groups in total. The lowest BCUT2D eigenvalue weighted by molar-refractivity contribution is -0.146. The molecule has 0 saturated heterocycles. The summed E-state index contributed by atoms with van der Waals surface area (Å²) in [5.41, 5.74) is 1.55. The molecule has 28 heavy (non-hydrogen) atoms. The molecule has 2 aromatic carbocycles. The molecule has 0 spiro atoms. The number of alkyl carbamates (subject to hydrolysis) is 1. The Bertz CT molecular complexity index is 782. The smallest absolute Gasteiger partial charge is 0.409 e. The van der Waals surface area contributed by atoms with Crippen LogP contribution in [-0.4, -0.2) is 42.5 Å². The van der Waals surface area contributed by atoms with Crippen molar-refractivity contribution in [2.24, 2.45) is 0 Å². The highest BCUT2D eigenvalue weighted by molar-refractivity contribution is 5.88. The van der Waals surface area contributed by atoms with Crippen LogP contribution in [0.5, 0.6) is 0 Å². The Morgan fingerprint density at radius 3 is 2.07 bits per heavy atom.